The number of rotatable bonds is 9. The van der Waals surface area contributed by atoms with Gasteiger partial charge in [0.25, 0.3) is 0 Å². The largest absolute Gasteiger partial charge is 0.489 e. The maximum absolute atomic E-state index is 12.6. The molecule has 1 atom stereocenters. The van der Waals surface area contributed by atoms with Crippen molar-refractivity contribution in [3.63, 3.8) is 0 Å². The molecule has 1 heterocycles. The van der Waals surface area contributed by atoms with Crippen LogP contribution in [0.1, 0.15) is 24.8 Å². The van der Waals surface area contributed by atoms with Crippen LogP contribution in [0.25, 0.3) is 0 Å². The number of sulfonamides is 1. The summed E-state index contributed by atoms with van der Waals surface area (Å²) in [6.07, 6.45) is 2.89. The zero-order valence-corrected chi connectivity index (χ0v) is 19.1. The highest BCUT2D eigenvalue weighted by Gasteiger charge is 2.28. The fourth-order valence-corrected chi connectivity index (χ4v) is 5.06. The Labute approximate surface area is 192 Å². The number of likely N-dealkylation sites (tertiary alicyclic amines) is 1. The van der Waals surface area contributed by atoms with E-state index in [1.165, 1.54) is 12.1 Å². The molecule has 1 saturated heterocycles. The molecule has 0 amide bonds. The highest BCUT2D eigenvalue weighted by molar-refractivity contribution is 7.89. The van der Waals surface area contributed by atoms with Crippen LogP contribution in [0.15, 0.2) is 47.4 Å². The molecular weight excluding hydrogens is 463 g/mol. The third-order valence-electron chi connectivity index (χ3n) is 5.05. The molecule has 3 rings (SSSR count). The Morgan fingerprint density at radius 3 is 2.26 bits per heavy atom. The summed E-state index contributed by atoms with van der Waals surface area (Å²) in [7, 11) is -3.85. The lowest BCUT2D eigenvalue weighted by Gasteiger charge is -2.31. The zero-order chi connectivity index (χ0) is 22.4. The number of hydrogen-bond acceptors (Lipinski definition) is 5. The number of carboxylic acid groups (broad SMARTS) is 1. The fourth-order valence-electron chi connectivity index (χ4n) is 3.45. The lowest BCUT2D eigenvalue weighted by atomic mass is 10.1. The third kappa shape index (κ3) is 6.82. The second-order valence-electron chi connectivity index (χ2n) is 7.34. The predicted octanol–water partition coefficient (Wildman–Crippen LogP) is 3.79. The van der Waals surface area contributed by atoms with Gasteiger partial charge in [-0.25, -0.2) is 13.1 Å². The van der Waals surface area contributed by atoms with Gasteiger partial charge >= 0.3 is 5.97 Å². The molecule has 2 N–H and O–H groups in total. The summed E-state index contributed by atoms with van der Waals surface area (Å²) in [6.45, 7) is 1.34. The Balaban J connectivity index is 1.60. The van der Waals surface area contributed by atoms with Crippen molar-refractivity contribution in [2.45, 2.75) is 36.8 Å². The first-order valence-electron chi connectivity index (χ1n) is 9.89. The maximum Gasteiger partial charge on any atom is 0.322 e. The van der Waals surface area contributed by atoms with Crippen LogP contribution in [-0.4, -0.2) is 50.1 Å². The fraction of sp³-hybridized carbons (Fsp3) is 0.381. The molecule has 31 heavy (non-hydrogen) atoms. The van der Waals surface area contributed by atoms with Gasteiger partial charge in [0.15, 0.2) is 0 Å². The Morgan fingerprint density at radius 1 is 1.06 bits per heavy atom. The zero-order valence-electron chi connectivity index (χ0n) is 16.8. The van der Waals surface area contributed by atoms with Crippen molar-refractivity contribution < 1.29 is 23.1 Å². The van der Waals surface area contributed by atoms with E-state index in [-0.39, 0.29) is 18.0 Å². The van der Waals surface area contributed by atoms with Crippen LogP contribution in [0.3, 0.4) is 0 Å². The summed E-state index contributed by atoms with van der Waals surface area (Å²) >= 11 is 11.9. The Bertz CT molecular complexity index is 989. The molecule has 2 aromatic carbocycles. The first kappa shape index (κ1) is 23.8. The van der Waals surface area contributed by atoms with Crippen molar-refractivity contribution in [1.29, 1.82) is 0 Å². The molecule has 0 spiro atoms. The molecule has 168 valence electrons. The van der Waals surface area contributed by atoms with E-state index in [4.69, 9.17) is 27.9 Å². The molecule has 0 aliphatic carbocycles. The van der Waals surface area contributed by atoms with Gasteiger partial charge in [-0.3, -0.25) is 9.69 Å². The Hall–Kier alpha value is -1.84. The van der Waals surface area contributed by atoms with Crippen molar-refractivity contribution in [3.8, 4) is 5.75 Å². The average Bonchev–Trinajstić information content (AvgIpc) is 2.72. The van der Waals surface area contributed by atoms with Crippen LogP contribution in [0.5, 0.6) is 5.75 Å². The molecule has 10 heteroatoms. The third-order valence-corrected chi connectivity index (χ3v) is 6.92. The van der Waals surface area contributed by atoms with Crippen molar-refractivity contribution >= 4 is 39.2 Å². The highest BCUT2D eigenvalue weighted by atomic mass is 35.5. The predicted molar refractivity (Wildman–Crippen MR) is 119 cm³/mol. The van der Waals surface area contributed by atoms with Gasteiger partial charge in [0.2, 0.25) is 10.0 Å². The first-order valence-corrected chi connectivity index (χ1v) is 12.1. The molecule has 7 nitrogen and oxygen atoms in total. The van der Waals surface area contributed by atoms with Gasteiger partial charge < -0.3 is 9.84 Å². The second kappa shape index (κ2) is 10.7. The van der Waals surface area contributed by atoms with Gasteiger partial charge in [0.1, 0.15) is 18.4 Å². The van der Waals surface area contributed by atoms with Gasteiger partial charge in [0, 0.05) is 16.6 Å². The minimum Gasteiger partial charge on any atom is -0.489 e. The summed E-state index contributed by atoms with van der Waals surface area (Å²) < 4.78 is 33.3. The van der Waals surface area contributed by atoms with Gasteiger partial charge in [-0.1, -0.05) is 29.6 Å². The number of nitrogens with zero attached hydrogens (tertiary/aromatic N) is 1. The van der Waals surface area contributed by atoms with Gasteiger partial charge in [-0.15, -0.1) is 0 Å². The van der Waals surface area contributed by atoms with E-state index in [0.29, 0.717) is 28.9 Å². The molecule has 0 aromatic heterocycles. The number of hydrogen-bond donors (Lipinski definition) is 2. The Kier molecular flexibility index (Phi) is 8.18. The molecule has 0 radical (unpaired) electrons. The number of nitrogens with one attached hydrogen (secondary N) is 1. The van der Waals surface area contributed by atoms with Gasteiger partial charge in [-0.05, 0) is 74.0 Å². The minimum absolute atomic E-state index is 0.0356. The Morgan fingerprint density at radius 2 is 1.68 bits per heavy atom. The molecule has 2 aromatic rings. The summed E-state index contributed by atoms with van der Waals surface area (Å²) in [5.41, 5.74) is 0.785. The van der Waals surface area contributed by atoms with E-state index in [1.54, 1.807) is 30.3 Å². The number of carbonyl (C=O) groups is 1. The topological polar surface area (TPSA) is 95.9 Å². The number of carboxylic acids is 1. The average molecular weight is 487 g/mol. The van der Waals surface area contributed by atoms with Crippen LogP contribution in [0.2, 0.25) is 10.0 Å². The summed E-state index contributed by atoms with van der Waals surface area (Å²) in [6, 6.07) is 10.1. The van der Waals surface area contributed by atoms with Crippen LogP contribution in [0.4, 0.5) is 0 Å². The number of halogens is 2. The van der Waals surface area contributed by atoms with Crippen LogP contribution >= 0.6 is 23.2 Å². The lowest BCUT2D eigenvalue weighted by molar-refractivity contribution is -0.143. The summed E-state index contributed by atoms with van der Waals surface area (Å²) in [5.74, 6) is -0.554. The number of aliphatic carboxylic acids is 1. The number of benzene rings is 2. The molecule has 1 fully saturated rings. The molecule has 1 aliphatic heterocycles. The van der Waals surface area contributed by atoms with E-state index in [1.807, 2.05) is 4.90 Å². The van der Waals surface area contributed by atoms with E-state index in [9.17, 15) is 18.3 Å². The van der Waals surface area contributed by atoms with Crippen LogP contribution in [-0.2, 0) is 21.4 Å². The normalized spacial score (nSPS) is 16.1. The van der Waals surface area contributed by atoms with Crippen molar-refractivity contribution in [3.05, 3.63) is 58.1 Å². The van der Waals surface area contributed by atoms with Crippen molar-refractivity contribution in [1.82, 2.24) is 9.62 Å². The molecular formula is C21H24Cl2N2O5S. The SMILES string of the molecule is O=C(O)[C@H](CNS(=O)(=O)c1ccc(OCc2cc(Cl)cc(Cl)c2)cc1)N1CCCCC1. The van der Waals surface area contributed by atoms with Crippen molar-refractivity contribution in [2.24, 2.45) is 0 Å². The van der Waals surface area contributed by atoms with E-state index in [0.717, 1.165) is 24.8 Å². The van der Waals surface area contributed by atoms with E-state index < -0.39 is 22.0 Å². The monoisotopic (exact) mass is 486 g/mol. The van der Waals surface area contributed by atoms with E-state index in [2.05, 4.69) is 4.72 Å². The lowest BCUT2D eigenvalue weighted by Crippen LogP contribution is -2.50. The standard InChI is InChI=1S/C21H24Cl2N2O5S/c22-16-10-15(11-17(23)12-16)14-30-18-4-6-19(7-5-18)31(28,29)24-13-20(21(26)27)25-8-2-1-3-9-25/h4-7,10-12,20,24H,1-3,8-9,13-14H2,(H,26,27)/t20-/m0/s1. The second-order valence-corrected chi connectivity index (χ2v) is 9.98. The van der Waals surface area contributed by atoms with Crippen molar-refractivity contribution in [2.75, 3.05) is 19.6 Å². The number of ether oxygens (including phenoxy) is 1. The molecule has 0 saturated carbocycles. The molecule has 0 unspecified atom stereocenters. The quantitative estimate of drug-likeness (QED) is 0.559. The minimum atomic E-state index is -3.85. The first-order chi connectivity index (χ1) is 14.7. The summed E-state index contributed by atoms with van der Waals surface area (Å²) in [5, 5.41) is 10.5. The molecule has 0 bridgehead atoms. The maximum atomic E-state index is 12.6. The van der Waals surface area contributed by atoms with Crippen LogP contribution in [0, 0.1) is 0 Å². The van der Waals surface area contributed by atoms with Gasteiger partial charge in [0.05, 0.1) is 4.90 Å². The van der Waals surface area contributed by atoms with E-state index >= 15 is 0 Å². The molecule has 1 aliphatic rings. The highest BCUT2D eigenvalue weighted by Crippen LogP contribution is 2.22. The summed E-state index contributed by atoms with van der Waals surface area (Å²) in [4.78, 5) is 13.5. The number of piperidine rings is 1. The van der Waals surface area contributed by atoms with Crippen LogP contribution < -0.4 is 9.46 Å². The van der Waals surface area contributed by atoms with Gasteiger partial charge in [-0.2, -0.15) is 0 Å². The smallest absolute Gasteiger partial charge is 0.322 e.